The zero-order valence-corrected chi connectivity index (χ0v) is 19.8. The van der Waals surface area contributed by atoms with E-state index in [9.17, 15) is 19.6 Å². The van der Waals surface area contributed by atoms with Gasteiger partial charge in [0, 0.05) is 17.4 Å². The Morgan fingerprint density at radius 3 is 2.33 bits per heavy atom. The van der Waals surface area contributed by atoms with Crippen LogP contribution in [0.25, 0.3) is 0 Å². The molecule has 1 atom stereocenters. The summed E-state index contributed by atoms with van der Waals surface area (Å²) in [5.41, 5.74) is 7.60. The molecule has 2 aliphatic rings. The maximum Gasteiger partial charge on any atom is 0.355 e. The number of nitrogens with two attached hydrogens (primary N) is 1. The standard InChI is InChI=1S/C26H25N5O5/c1-35-24(32)21-20(15-7-4-3-5-8-15)19(14-27)23(28)31(22(21)25(33)36-2)18-10-6-9-17(13-18)30-26(34)29-16-11-12-16/h3-10,13,16,20H,11-12,28H2,1-2H3,(H2,29,30,34). The van der Waals surface area contributed by atoms with Crippen LogP contribution in [0.5, 0.6) is 0 Å². The molecule has 0 bridgehead atoms. The molecule has 1 fully saturated rings. The number of anilines is 2. The fraction of sp³-hybridized carbons (Fsp3) is 0.231. The number of nitriles is 1. The summed E-state index contributed by atoms with van der Waals surface area (Å²) in [6, 6.07) is 17.2. The van der Waals surface area contributed by atoms with Crippen LogP contribution >= 0.6 is 0 Å². The highest BCUT2D eigenvalue weighted by Crippen LogP contribution is 2.43. The number of rotatable bonds is 6. The molecule has 2 aromatic carbocycles. The van der Waals surface area contributed by atoms with Gasteiger partial charge in [0.05, 0.1) is 37.4 Å². The van der Waals surface area contributed by atoms with Gasteiger partial charge in [-0.1, -0.05) is 36.4 Å². The first-order valence-electron chi connectivity index (χ1n) is 11.2. The number of hydrogen-bond acceptors (Lipinski definition) is 8. The van der Waals surface area contributed by atoms with Crippen LogP contribution in [0.1, 0.15) is 24.3 Å². The number of nitrogens with zero attached hydrogens (tertiary/aromatic N) is 2. The summed E-state index contributed by atoms with van der Waals surface area (Å²) in [7, 11) is 2.37. The van der Waals surface area contributed by atoms with E-state index in [-0.39, 0.29) is 34.7 Å². The number of amides is 2. The zero-order chi connectivity index (χ0) is 25.8. The van der Waals surface area contributed by atoms with Gasteiger partial charge < -0.3 is 25.8 Å². The average molecular weight is 488 g/mol. The van der Waals surface area contributed by atoms with Gasteiger partial charge in [0.2, 0.25) is 0 Å². The maximum absolute atomic E-state index is 13.1. The SMILES string of the molecule is COC(=O)C1=C(C(=O)OC)N(c2cccc(NC(=O)NC3CC3)c2)C(N)=C(C#N)C1c1ccccc1. The van der Waals surface area contributed by atoms with Crippen LogP contribution in [0.2, 0.25) is 0 Å². The van der Waals surface area contributed by atoms with Crippen LogP contribution in [0.4, 0.5) is 16.2 Å². The third-order valence-electron chi connectivity index (χ3n) is 5.89. The predicted octanol–water partition coefficient (Wildman–Crippen LogP) is 2.87. The highest BCUT2D eigenvalue weighted by molar-refractivity contribution is 6.06. The molecule has 1 saturated carbocycles. The number of ether oxygens (including phenoxy) is 2. The molecule has 1 heterocycles. The first-order valence-corrected chi connectivity index (χ1v) is 11.2. The summed E-state index contributed by atoms with van der Waals surface area (Å²) in [5, 5.41) is 15.7. The number of esters is 2. The largest absolute Gasteiger partial charge is 0.466 e. The quantitative estimate of drug-likeness (QED) is 0.527. The number of nitrogens with one attached hydrogen (secondary N) is 2. The lowest BCUT2D eigenvalue weighted by molar-refractivity contribution is -0.139. The van der Waals surface area contributed by atoms with Gasteiger partial charge in [0.25, 0.3) is 0 Å². The lowest BCUT2D eigenvalue weighted by Gasteiger charge is -2.36. The summed E-state index contributed by atoms with van der Waals surface area (Å²) < 4.78 is 10.1. The fourth-order valence-electron chi connectivity index (χ4n) is 4.08. The van der Waals surface area contributed by atoms with Crippen molar-refractivity contribution in [1.29, 1.82) is 5.26 Å². The van der Waals surface area contributed by atoms with Gasteiger partial charge in [-0.25, -0.2) is 14.4 Å². The van der Waals surface area contributed by atoms with Crippen molar-refractivity contribution in [2.75, 3.05) is 24.4 Å². The molecular weight excluding hydrogens is 462 g/mol. The molecule has 10 nitrogen and oxygen atoms in total. The summed E-state index contributed by atoms with van der Waals surface area (Å²) in [5.74, 6) is -2.67. The fourth-order valence-corrected chi connectivity index (χ4v) is 4.08. The molecule has 0 spiro atoms. The molecule has 1 aliphatic carbocycles. The second-order valence-corrected chi connectivity index (χ2v) is 8.26. The van der Waals surface area contributed by atoms with E-state index in [1.807, 2.05) is 0 Å². The molecule has 0 radical (unpaired) electrons. The van der Waals surface area contributed by atoms with E-state index in [4.69, 9.17) is 15.2 Å². The van der Waals surface area contributed by atoms with E-state index < -0.39 is 17.9 Å². The molecule has 2 aromatic rings. The third-order valence-corrected chi connectivity index (χ3v) is 5.89. The molecule has 36 heavy (non-hydrogen) atoms. The Labute approximate surface area is 208 Å². The van der Waals surface area contributed by atoms with Gasteiger partial charge in [0.1, 0.15) is 11.5 Å². The Morgan fingerprint density at radius 2 is 1.72 bits per heavy atom. The molecule has 10 heteroatoms. The molecule has 1 aliphatic heterocycles. The van der Waals surface area contributed by atoms with E-state index in [1.54, 1.807) is 54.6 Å². The summed E-state index contributed by atoms with van der Waals surface area (Å²) in [4.78, 5) is 39.7. The first kappa shape index (κ1) is 24.3. The number of benzene rings is 2. The maximum atomic E-state index is 13.1. The molecular formula is C26H25N5O5. The van der Waals surface area contributed by atoms with Crippen molar-refractivity contribution in [3.8, 4) is 6.07 Å². The lowest BCUT2D eigenvalue weighted by Crippen LogP contribution is -2.40. The molecule has 2 amide bonds. The van der Waals surface area contributed by atoms with Crippen molar-refractivity contribution in [3.05, 3.63) is 82.8 Å². The van der Waals surface area contributed by atoms with E-state index in [0.29, 0.717) is 16.9 Å². The van der Waals surface area contributed by atoms with Crippen molar-refractivity contribution in [2.24, 2.45) is 5.73 Å². The Hall–Kier alpha value is -4.78. The normalized spacial score (nSPS) is 17.2. The number of allylic oxidation sites excluding steroid dienone is 1. The summed E-state index contributed by atoms with van der Waals surface area (Å²) in [6.45, 7) is 0. The zero-order valence-electron chi connectivity index (χ0n) is 19.8. The Bertz CT molecular complexity index is 1310. The van der Waals surface area contributed by atoms with Gasteiger partial charge >= 0.3 is 18.0 Å². The van der Waals surface area contributed by atoms with Crippen molar-refractivity contribution in [3.63, 3.8) is 0 Å². The summed E-state index contributed by atoms with van der Waals surface area (Å²) >= 11 is 0. The van der Waals surface area contributed by atoms with E-state index in [1.165, 1.54) is 19.1 Å². The predicted molar refractivity (Wildman–Crippen MR) is 131 cm³/mol. The number of methoxy groups -OCH3 is 2. The smallest absolute Gasteiger partial charge is 0.355 e. The highest BCUT2D eigenvalue weighted by Gasteiger charge is 2.43. The van der Waals surface area contributed by atoms with Crippen molar-refractivity contribution in [1.82, 2.24) is 5.32 Å². The van der Waals surface area contributed by atoms with Crippen molar-refractivity contribution in [2.45, 2.75) is 24.8 Å². The minimum Gasteiger partial charge on any atom is -0.466 e. The van der Waals surface area contributed by atoms with Crippen LogP contribution in [-0.4, -0.2) is 38.2 Å². The van der Waals surface area contributed by atoms with Gasteiger partial charge in [-0.3, -0.25) is 4.90 Å². The van der Waals surface area contributed by atoms with Crippen LogP contribution in [-0.2, 0) is 19.1 Å². The van der Waals surface area contributed by atoms with Crippen LogP contribution in [0, 0.1) is 11.3 Å². The van der Waals surface area contributed by atoms with Gasteiger partial charge in [-0.2, -0.15) is 5.26 Å². The number of hydrogen-bond donors (Lipinski definition) is 3. The monoisotopic (exact) mass is 487 g/mol. The molecule has 4 rings (SSSR count). The first-order chi connectivity index (χ1) is 17.4. The average Bonchev–Trinajstić information content (AvgIpc) is 3.71. The Balaban J connectivity index is 1.88. The summed E-state index contributed by atoms with van der Waals surface area (Å²) in [6.07, 6.45) is 1.87. The molecule has 1 unspecified atom stereocenters. The minimum atomic E-state index is -0.959. The topological polar surface area (TPSA) is 147 Å². The number of carbonyl (C=O) groups is 3. The van der Waals surface area contributed by atoms with Crippen molar-refractivity contribution >= 4 is 29.3 Å². The Morgan fingerprint density at radius 1 is 1.03 bits per heavy atom. The van der Waals surface area contributed by atoms with Gasteiger partial charge in [0.15, 0.2) is 0 Å². The Kier molecular flexibility index (Phi) is 6.92. The number of urea groups is 1. The van der Waals surface area contributed by atoms with Gasteiger partial charge in [-0.05, 0) is 36.6 Å². The lowest BCUT2D eigenvalue weighted by atomic mass is 9.81. The van der Waals surface area contributed by atoms with E-state index >= 15 is 0 Å². The van der Waals surface area contributed by atoms with Crippen LogP contribution in [0.15, 0.2) is 77.3 Å². The van der Waals surface area contributed by atoms with Crippen molar-refractivity contribution < 1.29 is 23.9 Å². The van der Waals surface area contributed by atoms with E-state index in [2.05, 4.69) is 16.7 Å². The van der Waals surface area contributed by atoms with Crippen LogP contribution in [0.3, 0.4) is 0 Å². The molecule has 0 aromatic heterocycles. The van der Waals surface area contributed by atoms with Gasteiger partial charge in [-0.15, -0.1) is 0 Å². The number of carbonyl (C=O) groups excluding carboxylic acids is 3. The van der Waals surface area contributed by atoms with Crippen LogP contribution < -0.4 is 21.3 Å². The molecule has 4 N–H and O–H groups in total. The highest BCUT2D eigenvalue weighted by atomic mass is 16.5. The second kappa shape index (κ2) is 10.2. The third kappa shape index (κ3) is 4.72. The molecule has 0 saturated heterocycles. The molecule has 184 valence electrons. The van der Waals surface area contributed by atoms with E-state index in [0.717, 1.165) is 12.8 Å². The second-order valence-electron chi connectivity index (χ2n) is 8.26. The minimum absolute atomic E-state index is 0.0547.